The van der Waals surface area contributed by atoms with E-state index in [1.807, 2.05) is 47.4 Å². The van der Waals surface area contributed by atoms with Crippen LogP contribution in [-0.2, 0) is 14.4 Å². The van der Waals surface area contributed by atoms with Crippen LogP contribution in [0.1, 0.15) is 56.8 Å². The van der Waals surface area contributed by atoms with E-state index in [1.54, 1.807) is 30.3 Å². The first-order valence-electron chi connectivity index (χ1n) is 18.3. The van der Waals surface area contributed by atoms with Gasteiger partial charge < -0.3 is 24.8 Å². The number of anilines is 3. The Morgan fingerprint density at radius 1 is 0.727 bits per heavy atom. The number of hydrogen-bond donors (Lipinski definition) is 2. The summed E-state index contributed by atoms with van der Waals surface area (Å²) in [7, 11) is 0. The predicted molar refractivity (Wildman–Crippen MR) is 200 cm³/mol. The minimum Gasteiger partial charge on any atom is -0.424 e. The van der Waals surface area contributed by atoms with E-state index in [9.17, 15) is 28.8 Å². The standard InChI is InChI=1S/C40H38N8O7/c49-34-13-12-33(36(51)44-34)48-38(53)31-11-10-29(22-32(31)39(48)54)46-18-20-47(21-19-46)37(52)25-14-16-45(17-15-25)28-8-6-27(7-9-28)43-35(50)26-23-41-40(42-24-26)55-30-4-2-1-3-5-30/h1-11,22-25,33H,12-21H2,(H,43,50)(H,44,49,51). The van der Waals surface area contributed by atoms with Crippen molar-refractivity contribution in [3.63, 3.8) is 0 Å². The highest BCUT2D eigenvalue weighted by Gasteiger charge is 2.45. The summed E-state index contributed by atoms with van der Waals surface area (Å²) in [6.45, 7) is 3.69. The monoisotopic (exact) mass is 742 g/mol. The van der Waals surface area contributed by atoms with Gasteiger partial charge in [-0.2, -0.15) is 0 Å². The van der Waals surface area contributed by atoms with Gasteiger partial charge in [0.05, 0.1) is 16.7 Å². The molecule has 0 bridgehead atoms. The summed E-state index contributed by atoms with van der Waals surface area (Å²) < 4.78 is 5.60. The summed E-state index contributed by atoms with van der Waals surface area (Å²) >= 11 is 0. The Morgan fingerprint density at radius 3 is 2.07 bits per heavy atom. The Labute approximate surface area is 316 Å². The highest BCUT2D eigenvalue weighted by atomic mass is 16.5. The maximum atomic E-state index is 13.6. The minimum absolute atomic E-state index is 0.0644. The molecule has 4 aliphatic heterocycles. The van der Waals surface area contributed by atoms with Gasteiger partial charge in [-0.3, -0.25) is 39.0 Å². The first kappa shape index (κ1) is 35.4. The minimum atomic E-state index is -1.01. The molecule has 2 N–H and O–H groups in total. The molecule has 1 aromatic heterocycles. The van der Waals surface area contributed by atoms with Crippen molar-refractivity contribution in [2.75, 3.05) is 54.4 Å². The van der Waals surface area contributed by atoms with Gasteiger partial charge in [0.2, 0.25) is 17.7 Å². The summed E-state index contributed by atoms with van der Waals surface area (Å²) in [6.07, 6.45) is 4.46. The van der Waals surface area contributed by atoms with Gasteiger partial charge in [0, 0.05) is 81.1 Å². The molecule has 8 rings (SSSR count). The number of piperazine rings is 1. The Balaban J connectivity index is 0.797. The molecule has 0 aliphatic carbocycles. The Hall–Kier alpha value is -6.64. The second kappa shape index (κ2) is 15.0. The van der Waals surface area contributed by atoms with Crippen LogP contribution in [0.15, 0.2) is 85.2 Å². The number of carbonyl (C=O) groups is 6. The van der Waals surface area contributed by atoms with Gasteiger partial charge >= 0.3 is 6.01 Å². The second-order valence-electron chi connectivity index (χ2n) is 13.9. The molecule has 0 saturated carbocycles. The van der Waals surface area contributed by atoms with Crippen molar-refractivity contribution in [3.8, 4) is 11.8 Å². The maximum Gasteiger partial charge on any atom is 0.321 e. The number of rotatable bonds is 8. The maximum absolute atomic E-state index is 13.6. The van der Waals surface area contributed by atoms with E-state index < -0.39 is 29.7 Å². The molecule has 0 spiro atoms. The number of benzene rings is 3. The number of carbonyl (C=O) groups excluding carboxylic acids is 6. The van der Waals surface area contributed by atoms with Crippen molar-refractivity contribution < 1.29 is 33.5 Å². The number of piperidine rings is 2. The van der Waals surface area contributed by atoms with Crippen LogP contribution in [0, 0.1) is 5.92 Å². The van der Waals surface area contributed by atoms with Crippen LogP contribution < -0.4 is 25.2 Å². The van der Waals surface area contributed by atoms with Gasteiger partial charge in [0.25, 0.3) is 17.7 Å². The summed E-state index contributed by atoms with van der Waals surface area (Å²) in [5.41, 5.74) is 3.20. The number of amides is 6. The van der Waals surface area contributed by atoms with Gasteiger partial charge in [-0.25, -0.2) is 9.97 Å². The molecule has 4 aromatic rings. The third kappa shape index (κ3) is 7.32. The molecular formula is C40H38N8O7. The van der Waals surface area contributed by atoms with Crippen molar-refractivity contribution in [1.82, 2.24) is 25.1 Å². The van der Waals surface area contributed by atoms with Crippen molar-refractivity contribution >= 4 is 52.5 Å². The molecule has 1 unspecified atom stereocenters. The van der Waals surface area contributed by atoms with Crippen LogP contribution >= 0.6 is 0 Å². The molecule has 15 nitrogen and oxygen atoms in total. The predicted octanol–water partition coefficient (Wildman–Crippen LogP) is 3.49. The first-order chi connectivity index (χ1) is 26.7. The fourth-order valence-electron chi connectivity index (χ4n) is 7.52. The van der Waals surface area contributed by atoms with Crippen LogP contribution in [-0.4, -0.2) is 101 Å². The van der Waals surface area contributed by atoms with Crippen LogP contribution in [0.5, 0.6) is 11.8 Å². The lowest BCUT2D eigenvalue weighted by atomic mass is 9.94. The molecule has 3 fully saturated rings. The third-order valence-corrected chi connectivity index (χ3v) is 10.6. The number of nitrogens with one attached hydrogen (secondary N) is 2. The number of ether oxygens (including phenoxy) is 1. The van der Waals surface area contributed by atoms with Gasteiger partial charge in [-0.15, -0.1) is 0 Å². The fraction of sp³-hybridized carbons (Fsp3) is 0.300. The van der Waals surface area contributed by atoms with Crippen LogP contribution in [0.4, 0.5) is 17.1 Å². The molecule has 1 atom stereocenters. The van der Waals surface area contributed by atoms with Crippen molar-refractivity contribution in [3.05, 3.63) is 102 Å². The number of fused-ring (bicyclic) bond motifs is 1. The average Bonchev–Trinajstić information content (AvgIpc) is 3.46. The molecule has 3 aromatic carbocycles. The lowest BCUT2D eigenvalue weighted by Gasteiger charge is -2.39. The topological polar surface area (TPSA) is 174 Å². The zero-order chi connectivity index (χ0) is 38.1. The van der Waals surface area contributed by atoms with Gasteiger partial charge in [0.1, 0.15) is 11.8 Å². The van der Waals surface area contributed by atoms with Gasteiger partial charge in [0.15, 0.2) is 0 Å². The first-order valence-corrected chi connectivity index (χ1v) is 18.3. The number of aromatic nitrogens is 2. The Bertz CT molecular complexity index is 2150. The van der Waals surface area contributed by atoms with E-state index in [-0.39, 0.29) is 47.7 Å². The van der Waals surface area contributed by atoms with Crippen molar-refractivity contribution in [1.29, 1.82) is 0 Å². The summed E-state index contributed by atoms with van der Waals surface area (Å²) in [4.78, 5) is 92.3. The molecule has 15 heteroatoms. The van der Waals surface area contributed by atoms with E-state index in [0.717, 1.165) is 42.2 Å². The molecule has 280 valence electrons. The summed E-state index contributed by atoms with van der Waals surface area (Å²) in [6, 6.07) is 21.0. The van der Waals surface area contributed by atoms with Crippen LogP contribution in [0.25, 0.3) is 0 Å². The van der Waals surface area contributed by atoms with E-state index in [4.69, 9.17) is 4.74 Å². The summed E-state index contributed by atoms with van der Waals surface area (Å²) in [5, 5.41) is 5.09. The normalized spacial score (nSPS) is 18.9. The average molecular weight is 743 g/mol. The SMILES string of the molecule is O=C1CCC(N2C(=O)c3ccc(N4CCN(C(=O)C5CCN(c6ccc(NC(=O)c7cnc(Oc8ccccc8)nc7)cc6)CC5)CC4)cc3C2=O)C(=O)N1. The van der Waals surface area contributed by atoms with Crippen LogP contribution in [0.2, 0.25) is 0 Å². The highest BCUT2D eigenvalue weighted by Crippen LogP contribution is 2.32. The molecule has 55 heavy (non-hydrogen) atoms. The molecule has 6 amide bonds. The van der Waals surface area contributed by atoms with Crippen LogP contribution in [0.3, 0.4) is 0 Å². The van der Waals surface area contributed by atoms with Crippen molar-refractivity contribution in [2.24, 2.45) is 5.92 Å². The van der Waals surface area contributed by atoms with Crippen molar-refractivity contribution in [2.45, 2.75) is 31.7 Å². The highest BCUT2D eigenvalue weighted by molar-refractivity contribution is 6.23. The quantitative estimate of drug-likeness (QED) is 0.253. The number of hydrogen-bond acceptors (Lipinski definition) is 11. The summed E-state index contributed by atoms with van der Waals surface area (Å²) in [5.74, 6) is -1.79. The lowest BCUT2D eigenvalue weighted by molar-refractivity contribution is -0.137. The second-order valence-corrected chi connectivity index (χ2v) is 13.9. The largest absolute Gasteiger partial charge is 0.424 e. The molecule has 5 heterocycles. The molecule has 3 saturated heterocycles. The third-order valence-electron chi connectivity index (χ3n) is 10.6. The van der Waals surface area contributed by atoms with E-state index >= 15 is 0 Å². The molecular weight excluding hydrogens is 704 g/mol. The van der Waals surface area contributed by atoms with E-state index in [2.05, 4.69) is 30.4 Å². The number of imide groups is 2. The Kier molecular flexibility index (Phi) is 9.66. The molecule has 0 radical (unpaired) electrons. The van der Waals surface area contributed by atoms with E-state index in [0.29, 0.717) is 43.2 Å². The van der Waals surface area contributed by atoms with Gasteiger partial charge in [-0.1, -0.05) is 18.2 Å². The Morgan fingerprint density at radius 2 is 1.38 bits per heavy atom. The number of para-hydroxylation sites is 1. The van der Waals surface area contributed by atoms with Gasteiger partial charge in [-0.05, 0) is 73.9 Å². The smallest absolute Gasteiger partial charge is 0.321 e. The fourth-order valence-corrected chi connectivity index (χ4v) is 7.52. The number of nitrogens with zero attached hydrogens (tertiary/aromatic N) is 6. The molecule has 4 aliphatic rings. The zero-order valence-electron chi connectivity index (χ0n) is 29.8. The van der Waals surface area contributed by atoms with E-state index in [1.165, 1.54) is 12.4 Å². The zero-order valence-corrected chi connectivity index (χ0v) is 29.8. The lowest BCUT2D eigenvalue weighted by Crippen LogP contribution is -2.54.